The van der Waals surface area contributed by atoms with Gasteiger partial charge in [0.15, 0.2) is 0 Å². The van der Waals surface area contributed by atoms with Gasteiger partial charge in [0.25, 0.3) is 0 Å². The normalized spacial score (nSPS) is 17.1. The van der Waals surface area contributed by atoms with Crippen LogP contribution in [0.4, 0.5) is 0 Å². The molecule has 0 saturated heterocycles. The summed E-state index contributed by atoms with van der Waals surface area (Å²) in [6.45, 7) is 2.09. The molecule has 0 radical (unpaired) electrons. The van der Waals surface area contributed by atoms with E-state index in [1.165, 1.54) is 24.0 Å². The van der Waals surface area contributed by atoms with Crippen molar-refractivity contribution in [1.82, 2.24) is 0 Å². The number of rotatable bonds is 3. The van der Waals surface area contributed by atoms with Crippen LogP contribution in [0, 0.1) is 6.92 Å². The second-order valence-electron chi connectivity index (χ2n) is 4.02. The van der Waals surface area contributed by atoms with Crippen molar-refractivity contribution in [2.24, 2.45) is 10.7 Å². The number of aryl methyl sites for hydroxylation is 1. The molecule has 1 aromatic carbocycles. The predicted molar refractivity (Wildman–Crippen MR) is 59.5 cm³/mol. The first-order valence-corrected chi connectivity index (χ1v) is 5.12. The Balaban J connectivity index is 2.02. The number of nitrogens with two attached hydrogens (primary N) is 1. The second-order valence-corrected chi connectivity index (χ2v) is 4.02. The Morgan fingerprint density at radius 3 is 2.93 bits per heavy atom. The molecule has 74 valence electrons. The highest BCUT2D eigenvalue weighted by molar-refractivity contribution is 5.83. The van der Waals surface area contributed by atoms with Gasteiger partial charge in [-0.2, -0.15) is 0 Å². The van der Waals surface area contributed by atoms with E-state index in [9.17, 15) is 0 Å². The van der Waals surface area contributed by atoms with Crippen LogP contribution in [0.25, 0.3) is 0 Å². The van der Waals surface area contributed by atoms with Crippen LogP contribution in [-0.2, 0) is 6.42 Å². The average Bonchev–Trinajstić information content (AvgIpc) is 2.87. The van der Waals surface area contributed by atoms with Gasteiger partial charge in [-0.05, 0) is 25.3 Å². The number of aliphatic imine (C=N–C) groups is 1. The monoisotopic (exact) mass is 188 g/mol. The highest BCUT2D eigenvalue weighted by Crippen LogP contribution is 2.23. The Morgan fingerprint density at radius 1 is 1.50 bits per heavy atom. The summed E-state index contributed by atoms with van der Waals surface area (Å²) < 4.78 is 0. The third kappa shape index (κ3) is 2.59. The highest BCUT2D eigenvalue weighted by Gasteiger charge is 2.20. The molecule has 14 heavy (non-hydrogen) atoms. The van der Waals surface area contributed by atoms with Crippen LogP contribution >= 0.6 is 0 Å². The number of hydrogen-bond donors (Lipinski definition) is 1. The molecule has 2 heteroatoms. The first-order valence-electron chi connectivity index (χ1n) is 5.12. The molecular weight excluding hydrogens is 172 g/mol. The molecule has 0 aliphatic heterocycles. The number of benzene rings is 1. The number of amidine groups is 1. The van der Waals surface area contributed by atoms with Gasteiger partial charge in [-0.25, -0.2) is 0 Å². The molecule has 0 bridgehead atoms. The topological polar surface area (TPSA) is 38.4 Å². The molecule has 1 saturated carbocycles. The summed E-state index contributed by atoms with van der Waals surface area (Å²) in [5.74, 6) is 0.776. The Labute approximate surface area is 84.9 Å². The maximum atomic E-state index is 5.85. The van der Waals surface area contributed by atoms with Crippen molar-refractivity contribution in [3.05, 3.63) is 35.4 Å². The summed E-state index contributed by atoms with van der Waals surface area (Å²) in [6, 6.07) is 8.95. The van der Waals surface area contributed by atoms with E-state index in [1.54, 1.807) is 0 Å². The molecule has 2 N–H and O–H groups in total. The summed E-state index contributed by atoms with van der Waals surface area (Å²) in [5.41, 5.74) is 8.38. The van der Waals surface area contributed by atoms with Gasteiger partial charge in [-0.1, -0.05) is 29.8 Å². The van der Waals surface area contributed by atoms with Gasteiger partial charge >= 0.3 is 0 Å². The molecule has 2 nitrogen and oxygen atoms in total. The van der Waals surface area contributed by atoms with Gasteiger partial charge in [0.1, 0.15) is 0 Å². The molecule has 1 aliphatic carbocycles. The van der Waals surface area contributed by atoms with Crippen LogP contribution < -0.4 is 5.73 Å². The number of hydrogen-bond acceptors (Lipinski definition) is 1. The summed E-state index contributed by atoms with van der Waals surface area (Å²) >= 11 is 0. The minimum Gasteiger partial charge on any atom is -0.387 e. The van der Waals surface area contributed by atoms with Gasteiger partial charge < -0.3 is 5.73 Å². The zero-order valence-corrected chi connectivity index (χ0v) is 8.53. The lowest BCUT2D eigenvalue weighted by Gasteiger charge is -2.02. The molecule has 1 fully saturated rings. The summed E-state index contributed by atoms with van der Waals surface area (Å²) in [4.78, 5) is 4.41. The van der Waals surface area contributed by atoms with Crippen LogP contribution in [0.3, 0.4) is 0 Å². The van der Waals surface area contributed by atoms with Crippen LogP contribution in [0.5, 0.6) is 0 Å². The van der Waals surface area contributed by atoms with E-state index >= 15 is 0 Å². The van der Waals surface area contributed by atoms with Gasteiger partial charge in [0.2, 0.25) is 0 Å². The molecule has 0 amide bonds. The zero-order valence-electron chi connectivity index (χ0n) is 8.53. The van der Waals surface area contributed by atoms with Crippen molar-refractivity contribution in [3.63, 3.8) is 0 Å². The van der Waals surface area contributed by atoms with Gasteiger partial charge in [0.05, 0.1) is 11.9 Å². The smallest absolute Gasteiger partial charge is 0.0984 e. The molecule has 1 aliphatic rings. The van der Waals surface area contributed by atoms with Crippen molar-refractivity contribution >= 4 is 5.84 Å². The van der Waals surface area contributed by atoms with E-state index in [4.69, 9.17) is 5.73 Å². The first-order chi connectivity index (χ1) is 6.74. The zero-order chi connectivity index (χ0) is 9.97. The fourth-order valence-electron chi connectivity index (χ4n) is 1.52. The molecule has 0 heterocycles. The van der Waals surface area contributed by atoms with Gasteiger partial charge in [-0.3, -0.25) is 4.99 Å². The lowest BCUT2D eigenvalue weighted by atomic mass is 10.1. The fourth-order valence-corrected chi connectivity index (χ4v) is 1.52. The average molecular weight is 188 g/mol. The largest absolute Gasteiger partial charge is 0.387 e. The molecule has 0 aromatic heterocycles. The molecule has 1 aromatic rings. The summed E-state index contributed by atoms with van der Waals surface area (Å²) in [5, 5.41) is 0. The van der Waals surface area contributed by atoms with Crippen LogP contribution in [0.1, 0.15) is 24.0 Å². The Bertz CT molecular complexity index is 351. The van der Waals surface area contributed by atoms with Crippen molar-refractivity contribution in [2.45, 2.75) is 32.2 Å². The van der Waals surface area contributed by atoms with Crippen molar-refractivity contribution in [3.8, 4) is 0 Å². The van der Waals surface area contributed by atoms with E-state index in [0.717, 1.165) is 12.3 Å². The molecule has 0 unspecified atom stereocenters. The standard InChI is InChI=1S/C12H16N2/c1-9-3-2-4-10(7-9)8-12(13)14-11-5-6-11/h2-4,7,11H,5-6,8H2,1H3,(H2,13,14). The summed E-state index contributed by atoms with van der Waals surface area (Å²) in [7, 11) is 0. The highest BCUT2D eigenvalue weighted by atomic mass is 14.9. The Morgan fingerprint density at radius 2 is 2.29 bits per heavy atom. The summed E-state index contributed by atoms with van der Waals surface area (Å²) in [6.07, 6.45) is 3.22. The first kappa shape index (κ1) is 9.25. The molecule has 0 atom stereocenters. The lowest BCUT2D eigenvalue weighted by Crippen LogP contribution is -2.15. The second kappa shape index (κ2) is 3.82. The van der Waals surface area contributed by atoms with Crippen molar-refractivity contribution in [1.29, 1.82) is 0 Å². The van der Waals surface area contributed by atoms with E-state index in [-0.39, 0.29) is 0 Å². The van der Waals surface area contributed by atoms with Crippen molar-refractivity contribution < 1.29 is 0 Å². The number of nitrogens with zero attached hydrogens (tertiary/aromatic N) is 1. The van der Waals surface area contributed by atoms with Crippen LogP contribution in [0.2, 0.25) is 0 Å². The minimum absolute atomic E-state index is 0.528. The van der Waals surface area contributed by atoms with Crippen LogP contribution in [0.15, 0.2) is 29.3 Å². The third-order valence-corrected chi connectivity index (χ3v) is 2.36. The third-order valence-electron chi connectivity index (χ3n) is 2.36. The minimum atomic E-state index is 0.528. The van der Waals surface area contributed by atoms with Gasteiger partial charge in [-0.15, -0.1) is 0 Å². The quantitative estimate of drug-likeness (QED) is 0.572. The molecule has 0 spiro atoms. The predicted octanol–water partition coefficient (Wildman–Crippen LogP) is 2.06. The Hall–Kier alpha value is -1.31. The van der Waals surface area contributed by atoms with E-state index < -0.39 is 0 Å². The maximum Gasteiger partial charge on any atom is 0.0984 e. The Kier molecular flexibility index (Phi) is 2.53. The molecule has 2 rings (SSSR count). The maximum absolute atomic E-state index is 5.85. The fraction of sp³-hybridized carbons (Fsp3) is 0.417. The van der Waals surface area contributed by atoms with E-state index in [0.29, 0.717) is 6.04 Å². The SMILES string of the molecule is Cc1cccc(CC(N)=NC2CC2)c1. The van der Waals surface area contributed by atoms with E-state index in [2.05, 4.69) is 36.2 Å². The molecular formula is C12H16N2. The van der Waals surface area contributed by atoms with E-state index in [1.807, 2.05) is 0 Å². The lowest BCUT2D eigenvalue weighted by molar-refractivity contribution is 1.04. The van der Waals surface area contributed by atoms with Crippen molar-refractivity contribution in [2.75, 3.05) is 0 Å². The van der Waals surface area contributed by atoms with Crippen LogP contribution in [-0.4, -0.2) is 11.9 Å². The van der Waals surface area contributed by atoms with Gasteiger partial charge in [0, 0.05) is 6.42 Å².